The molecule has 2 fully saturated rings. The summed E-state index contributed by atoms with van der Waals surface area (Å²) >= 11 is 0. The molecule has 0 bridgehead atoms. The molecule has 2 N–H and O–H groups in total. The molecule has 2 saturated carbocycles. The highest BCUT2D eigenvalue weighted by molar-refractivity contribution is 5.01. The molecule has 0 aromatic carbocycles. The fourth-order valence-electron chi connectivity index (χ4n) is 2.86. The van der Waals surface area contributed by atoms with E-state index in [4.69, 9.17) is 10.5 Å². The molecule has 0 saturated heterocycles. The van der Waals surface area contributed by atoms with Crippen LogP contribution in [0.25, 0.3) is 0 Å². The summed E-state index contributed by atoms with van der Waals surface area (Å²) in [5, 5.41) is 0. The predicted molar refractivity (Wildman–Crippen MR) is 48.9 cm³/mol. The zero-order valence-corrected chi connectivity index (χ0v) is 7.88. The SMILES string of the molecule is CCOC1(CN)CC2CCC2C1. The second-order valence-corrected chi connectivity index (χ2v) is 4.33. The highest BCUT2D eigenvalue weighted by atomic mass is 16.5. The quantitative estimate of drug-likeness (QED) is 0.695. The standard InChI is InChI=1S/C10H19NO/c1-2-12-10(7-11)5-8-3-4-9(8)6-10/h8-9H,2-7,11H2,1H3. The molecule has 0 aromatic rings. The van der Waals surface area contributed by atoms with Crippen molar-refractivity contribution in [2.24, 2.45) is 17.6 Å². The van der Waals surface area contributed by atoms with Crippen LogP contribution in [-0.4, -0.2) is 18.8 Å². The van der Waals surface area contributed by atoms with Crippen LogP contribution in [0.4, 0.5) is 0 Å². The lowest BCUT2D eigenvalue weighted by Crippen LogP contribution is -2.38. The summed E-state index contributed by atoms with van der Waals surface area (Å²) in [5.41, 5.74) is 5.85. The summed E-state index contributed by atoms with van der Waals surface area (Å²) in [5.74, 6) is 1.89. The molecule has 0 heterocycles. The monoisotopic (exact) mass is 169 g/mol. The van der Waals surface area contributed by atoms with E-state index in [1.807, 2.05) is 0 Å². The lowest BCUT2D eigenvalue weighted by Gasteiger charge is -2.28. The van der Waals surface area contributed by atoms with E-state index in [0.717, 1.165) is 18.4 Å². The van der Waals surface area contributed by atoms with Crippen LogP contribution in [0.2, 0.25) is 0 Å². The number of hydrogen-bond donors (Lipinski definition) is 1. The number of ether oxygens (including phenoxy) is 1. The average molecular weight is 169 g/mol. The zero-order valence-electron chi connectivity index (χ0n) is 7.88. The number of fused-ring (bicyclic) bond motifs is 1. The van der Waals surface area contributed by atoms with E-state index in [0.29, 0.717) is 6.54 Å². The van der Waals surface area contributed by atoms with Crippen LogP contribution in [0.15, 0.2) is 0 Å². The van der Waals surface area contributed by atoms with Crippen molar-refractivity contribution in [2.45, 2.75) is 38.2 Å². The molecule has 0 amide bonds. The molecule has 70 valence electrons. The number of rotatable bonds is 3. The van der Waals surface area contributed by atoms with Gasteiger partial charge in [-0.25, -0.2) is 0 Å². The van der Waals surface area contributed by atoms with Gasteiger partial charge >= 0.3 is 0 Å². The van der Waals surface area contributed by atoms with Crippen LogP contribution in [0, 0.1) is 11.8 Å². The van der Waals surface area contributed by atoms with Crippen LogP contribution in [0.3, 0.4) is 0 Å². The predicted octanol–water partition coefficient (Wildman–Crippen LogP) is 1.54. The fourth-order valence-corrected chi connectivity index (χ4v) is 2.86. The molecule has 2 nitrogen and oxygen atoms in total. The van der Waals surface area contributed by atoms with E-state index < -0.39 is 0 Å². The Hall–Kier alpha value is -0.0800. The van der Waals surface area contributed by atoms with Crippen LogP contribution < -0.4 is 5.73 Å². The van der Waals surface area contributed by atoms with E-state index in [2.05, 4.69) is 6.92 Å². The molecule has 2 heteroatoms. The summed E-state index contributed by atoms with van der Waals surface area (Å²) in [6.07, 6.45) is 5.28. The Morgan fingerprint density at radius 2 is 1.92 bits per heavy atom. The largest absolute Gasteiger partial charge is 0.374 e. The molecular formula is C10H19NO. The van der Waals surface area contributed by atoms with Gasteiger partial charge in [0.1, 0.15) is 0 Å². The van der Waals surface area contributed by atoms with Gasteiger partial charge in [0.05, 0.1) is 5.60 Å². The average Bonchev–Trinajstić information content (AvgIpc) is 2.30. The summed E-state index contributed by atoms with van der Waals surface area (Å²) in [6, 6.07) is 0. The Labute approximate surface area is 74.5 Å². The second-order valence-electron chi connectivity index (χ2n) is 4.33. The van der Waals surface area contributed by atoms with E-state index in [-0.39, 0.29) is 5.60 Å². The molecular weight excluding hydrogens is 150 g/mol. The smallest absolute Gasteiger partial charge is 0.0809 e. The minimum absolute atomic E-state index is 0.0700. The maximum absolute atomic E-state index is 5.80. The molecule has 2 aliphatic carbocycles. The van der Waals surface area contributed by atoms with E-state index in [9.17, 15) is 0 Å². The van der Waals surface area contributed by atoms with Gasteiger partial charge in [-0.3, -0.25) is 0 Å². The summed E-state index contributed by atoms with van der Waals surface area (Å²) in [6.45, 7) is 3.60. The minimum Gasteiger partial charge on any atom is -0.374 e. The van der Waals surface area contributed by atoms with Gasteiger partial charge in [0, 0.05) is 13.2 Å². The van der Waals surface area contributed by atoms with Crippen molar-refractivity contribution in [3.63, 3.8) is 0 Å². The first-order valence-corrected chi connectivity index (χ1v) is 5.14. The van der Waals surface area contributed by atoms with Gasteiger partial charge in [-0.15, -0.1) is 0 Å². The topological polar surface area (TPSA) is 35.2 Å². The summed E-state index contributed by atoms with van der Waals surface area (Å²) in [7, 11) is 0. The van der Waals surface area contributed by atoms with Gasteiger partial charge in [-0.1, -0.05) is 0 Å². The van der Waals surface area contributed by atoms with Crippen molar-refractivity contribution in [1.82, 2.24) is 0 Å². The first kappa shape index (κ1) is 8.52. The Morgan fingerprint density at radius 3 is 2.25 bits per heavy atom. The molecule has 2 aliphatic rings. The molecule has 2 unspecified atom stereocenters. The van der Waals surface area contributed by atoms with Crippen LogP contribution in [-0.2, 0) is 4.74 Å². The molecule has 0 aliphatic heterocycles. The molecule has 12 heavy (non-hydrogen) atoms. The van der Waals surface area contributed by atoms with Crippen molar-refractivity contribution >= 4 is 0 Å². The van der Waals surface area contributed by atoms with Crippen LogP contribution >= 0.6 is 0 Å². The van der Waals surface area contributed by atoms with E-state index in [1.54, 1.807) is 0 Å². The lowest BCUT2D eigenvalue weighted by atomic mass is 9.77. The molecule has 0 spiro atoms. The summed E-state index contributed by atoms with van der Waals surface area (Å²) < 4.78 is 5.80. The highest BCUT2D eigenvalue weighted by Gasteiger charge is 2.48. The maximum Gasteiger partial charge on any atom is 0.0809 e. The third-order valence-electron chi connectivity index (χ3n) is 3.67. The third kappa shape index (κ3) is 1.17. The van der Waals surface area contributed by atoms with Gasteiger partial charge in [0.2, 0.25) is 0 Å². The van der Waals surface area contributed by atoms with Crippen LogP contribution in [0.5, 0.6) is 0 Å². The van der Waals surface area contributed by atoms with Crippen molar-refractivity contribution in [3.05, 3.63) is 0 Å². The first-order valence-electron chi connectivity index (χ1n) is 5.14. The Morgan fingerprint density at radius 1 is 1.33 bits per heavy atom. The maximum atomic E-state index is 5.80. The van der Waals surface area contributed by atoms with Gasteiger partial charge in [0.25, 0.3) is 0 Å². The third-order valence-corrected chi connectivity index (χ3v) is 3.67. The van der Waals surface area contributed by atoms with Crippen molar-refractivity contribution in [1.29, 1.82) is 0 Å². The van der Waals surface area contributed by atoms with Gasteiger partial charge in [-0.05, 0) is 44.4 Å². The van der Waals surface area contributed by atoms with Crippen molar-refractivity contribution in [2.75, 3.05) is 13.2 Å². The number of hydrogen-bond acceptors (Lipinski definition) is 2. The normalized spacial score (nSPS) is 45.5. The summed E-state index contributed by atoms with van der Waals surface area (Å²) in [4.78, 5) is 0. The van der Waals surface area contributed by atoms with Gasteiger partial charge < -0.3 is 10.5 Å². The van der Waals surface area contributed by atoms with Gasteiger partial charge in [0.15, 0.2) is 0 Å². The van der Waals surface area contributed by atoms with E-state index >= 15 is 0 Å². The van der Waals surface area contributed by atoms with Crippen LogP contribution in [0.1, 0.15) is 32.6 Å². The highest BCUT2D eigenvalue weighted by Crippen LogP contribution is 2.52. The molecule has 0 radical (unpaired) electrons. The Kier molecular flexibility index (Phi) is 2.13. The van der Waals surface area contributed by atoms with E-state index in [1.165, 1.54) is 25.7 Å². The Bertz CT molecular complexity index is 157. The Balaban J connectivity index is 1.99. The van der Waals surface area contributed by atoms with Gasteiger partial charge in [-0.2, -0.15) is 0 Å². The minimum atomic E-state index is 0.0700. The molecule has 2 atom stereocenters. The fraction of sp³-hybridized carbons (Fsp3) is 1.00. The zero-order chi connectivity index (χ0) is 8.60. The number of nitrogens with two attached hydrogens (primary N) is 1. The van der Waals surface area contributed by atoms with Crippen molar-refractivity contribution in [3.8, 4) is 0 Å². The first-order chi connectivity index (χ1) is 5.79. The lowest BCUT2D eigenvalue weighted by molar-refractivity contribution is -0.0295. The van der Waals surface area contributed by atoms with Crippen molar-refractivity contribution < 1.29 is 4.74 Å². The molecule has 2 rings (SSSR count). The molecule has 0 aromatic heterocycles. The second kappa shape index (κ2) is 3.00.